The van der Waals surface area contributed by atoms with E-state index in [4.69, 9.17) is 9.15 Å². The van der Waals surface area contributed by atoms with E-state index in [1.807, 2.05) is 31.2 Å². The van der Waals surface area contributed by atoms with Crippen molar-refractivity contribution in [1.29, 1.82) is 0 Å². The number of furan rings is 1. The van der Waals surface area contributed by atoms with Gasteiger partial charge >= 0.3 is 0 Å². The molecular weight excluding hydrogens is 268 g/mol. The van der Waals surface area contributed by atoms with Crippen LogP contribution in [0.1, 0.15) is 18.2 Å². The van der Waals surface area contributed by atoms with Gasteiger partial charge in [-0.2, -0.15) is 0 Å². The number of methoxy groups -OCH3 is 1. The van der Waals surface area contributed by atoms with E-state index in [0.29, 0.717) is 19.0 Å². The maximum atomic E-state index is 5.28. The third kappa shape index (κ3) is 4.83. The topological polar surface area (TPSA) is 71.7 Å². The Hall–Kier alpha value is -2.50. The van der Waals surface area contributed by atoms with Crippen molar-refractivity contribution < 1.29 is 9.15 Å². The highest BCUT2D eigenvalue weighted by Gasteiger charge is 2.00. The van der Waals surface area contributed by atoms with Crippen molar-refractivity contribution in [3.8, 4) is 5.88 Å². The summed E-state index contributed by atoms with van der Waals surface area (Å²) in [6.45, 7) is 3.97. The van der Waals surface area contributed by atoms with Gasteiger partial charge < -0.3 is 19.8 Å². The lowest BCUT2D eigenvalue weighted by molar-refractivity contribution is 0.397. The van der Waals surface area contributed by atoms with E-state index < -0.39 is 0 Å². The smallest absolute Gasteiger partial charge is 0.212 e. The van der Waals surface area contributed by atoms with E-state index in [0.717, 1.165) is 23.8 Å². The summed E-state index contributed by atoms with van der Waals surface area (Å²) in [6.07, 6.45) is 3.42. The van der Waals surface area contributed by atoms with Gasteiger partial charge in [-0.3, -0.25) is 0 Å². The van der Waals surface area contributed by atoms with Crippen LogP contribution in [0, 0.1) is 0 Å². The molecule has 0 bridgehead atoms. The first-order valence-corrected chi connectivity index (χ1v) is 6.85. The first-order chi connectivity index (χ1) is 10.3. The van der Waals surface area contributed by atoms with Gasteiger partial charge in [-0.05, 0) is 24.6 Å². The molecular formula is C15H20N4O2. The minimum atomic E-state index is 0.546. The van der Waals surface area contributed by atoms with Crippen molar-refractivity contribution >= 4 is 5.96 Å². The summed E-state index contributed by atoms with van der Waals surface area (Å²) in [5.74, 6) is 2.21. The molecule has 0 unspecified atom stereocenters. The number of aromatic nitrogens is 1. The molecule has 6 nitrogen and oxygen atoms in total. The Morgan fingerprint density at radius 3 is 2.86 bits per heavy atom. The standard InChI is InChI=1S/C15H20N4O2/c1-3-16-15(19-11-13-5-4-8-21-13)18-10-12-6-7-14(20-2)17-9-12/h4-9H,3,10-11H2,1-2H3,(H2,16,18,19). The summed E-state index contributed by atoms with van der Waals surface area (Å²) < 4.78 is 10.3. The molecule has 112 valence electrons. The van der Waals surface area contributed by atoms with Crippen LogP contribution in [-0.2, 0) is 13.1 Å². The van der Waals surface area contributed by atoms with Crippen LogP contribution in [0.4, 0.5) is 0 Å². The zero-order chi connectivity index (χ0) is 14.9. The van der Waals surface area contributed by atoms with Crippen molar-refractivity contribution in [3.05, 3.63) is 48.0 Å². The molecule has 0 saturated carbocycles. The fraction of sp³-hybridized carbons (Fsp3) is 0.333. The molecule has 0 aliphatic carbocycles. The first kappa shape index (κ1) is 14.9. The number of hydrogen-bond acceptors (Lipinski definition) is 4. The molecule has 0 spiro atoms. The Balaban J connectivity index is 1.92. The number of rotatable bonds is 6. The van der Waals surface area contributed by atoms with Gasteiger partial charge in [-0.25, -0.2) is 9.98 Å². The quantitative estimate of drug-likeness (QED) is 0.628. The van der Waals surface area contributed by atoms with Gasteiger partial charge in [0.25, 0.3) is 0 Å². The molecule has 21 heavy (non-hydrogen) atoms. The summed E-state index contributed by atoms with van der Waals surface area (Å²) in [7, 11) is 1.60. The summed E-state index contributed by atoms with van der Waals surface area (Å²) in [4.78, 5) is 8.67. The number of ether oxygens (including phenoxy) is 1. The molecule has 0 aromatic carbocycles. The average molecular weight is 288 g/mol. The lowest BCUT2D eigenvalue weighted by Crippen LogP contribution is -2.36. The van der Waals surface area contributed by atoms with Crippen LogP contribution in [0.3, 0.4) is 0 Å². The number of nitrogens with one attached hydrogen (secondary N) is 2. The minimum Gasteiger partial charge on any atom is -0.481 e. The lowest BCUT2D eigenvalue weighted by Gasteiger charge is -2.10. The molecule has 0 saturated heterocycles. The fourth-order valence-corrected chi connectivity index (χ4v) is 1.72. The minimum absolute atomic E-state index is 0.546. The second-order valence-corrected chi connectivity index (χ2v) is 4.34. The zero-order valence-corrected chi connectivity index (χ0v) is 12.3. The normalized spacial score (nSPS) is 11.2. The Kier molecular flexibility index (Phi) is 5.63. The number of aliphatic imine (C=N–C) groups is 1. The second kappa shape index (κ2) is 7.94. The van der Waals surface area contributed by atoms with Gasteiger partial charge in [0, 0.05) is 18.8 Å². The van der Waals surface area contributed by atoms with Crippen LogP contribution in [0.25, 0.3) is 0 Å². The average Bonchev–Trinajstić information content (AvgIpc) is 3.04. The molecule has 0 aliphatic rings. The molecule has 2 aromatic rings. The van der Waals surface area contributed by atoms with E-state index in [1.54, 1.807) is 19.6 Å². The SMILES string of the molecule is CCNC(=NCc1ccc(OC)nc1)NCc1ccco1. The van der Waals surface area contributed by atoms with Crippen molar-refractivity contribution in [2.24, 2.45) is 4.99 Å². The van der Waals surface area contributed by atoms with Crippen molar-refractivity contribution in [2.75, 3.05) is 13.7 Å². The Labute approximate surface area is 124 Å². The molecule has 2 rings (SSSR count). The molecule has 2 heterocycles. The van der Waals surface area contributed by atoms with Gasteiger partial charge in [0.1, 0.15) is 5.76 Å². The molecule has 0 atom stereocenters. The molecule has 0 aliphatic heterocycles. The highest BCUT2D eigenvalue weighted by Crippen LogP contribution is 2.07. The molecule has 2 N–H and O–H groups in total. The maximum absolute atomic E-state index is 5.28. The summed E-state index contributed by atoms with van der Waals surface area (Å²) >= 11 is 0. The lowest BCUT2D eigenvalue weighted by atomic mass is 10.3. The van der Waals surface area contributed by atoms with Gasteiger partial charge in [-0.1, -0.05) is 6.07 Å². The maximum Gasteiger partial charge on any atom is 0.212 e. The molecule has 2 aromatic heterocycles. The van der Waals surface area contributed by atoms with Crippen LogP contribution >= 0.6 is 0 Å². The highest BCUT2D eigenvalue weighted by molar-refractivity contribution is 5.79. The number of guanidine groups is 1. The van der Waals surface area contributed by atoms with Gasteiger partial charge in [0.05, 0.1) is 26.5 Å². The number of nitrogens with zero attached hydrogens (tertiary/aromatic N) is 2. The second-order valence-electron chi connectivity index (χ2n) is 4.34. The van der Waals surface area contributed by atoms with Crippen molar-refractivity contribution in [1.82, 2.24) is 15.6 Å². The fourth-order valence-electron chi connectivity index (χ4n) is 1.72. The number of pyridine rings is 1. The van der Waals surface area contributed by atoms with Crippen LogP contribution in [-0.4, -0.2) is 24.6 Å². The van der Waals surface area contributed by atoms with Gasteiger partial charge in [0.15, 0.2) is 5.96 Å². The van der Waals surface area contributed by atoms with E-state index in [9.17, 15) is 0 Å². The van der Waals surface area contributed by atoms with Crippen LogP contribution in [0.15, 0.2) is 46.1 Å². The molecule has 0 radical (unpaired) electrons. The number of hydrogen-bond donors (Lipinski definition) is 2. The zero-order valence-electron chi connectivity index (χ0n) is 12.3. The van der Waals surface area contributed by atoms with Crippen molar-refractivity contribution in [2.45, 2.75) is 20.0 Å². The van der Waals surface area contributed by atoms with Crippen LogP contribution in [0.2, 0.25) is 0 Å². The van der Waals surface area contributed by atoms with E-state index in [1.165, 1.54) is 0 Å². The van der Waals surface area contributed by atoms with Gasteiger partial charge in [-0.15, -0.1) is 0 Å². The molecule has 6 heteroatoms. The van der Waals surface area contributed by atoms with E-state index in [2.05, 4.69) is 20.6 Å². The van der Waals surface area contributed by atoms with E-state index in [-0.39, 0.29) is 0 Å². The Bertz CT molecular complexity index is 550. The summed E-state index contributed by atoms with van der Waals surface area (Å²) in [6, 6.07) is 7.56. The third-order valence-corrected chi connectivity index (χ3v) is 2.78. The first-order valence-electron chi connectivity index (χ1n) is 6.85. The summed E-state index contributed by atoms with van der Waals surface area (Å²) in [5.41, 5.74) is 1.02. The molecule has 0 amide bonds. The van der Waals surface area contributed by atoms with Crippen LogP contribution in [0.5, 0.6) is 5.88 Å². The van der Waals surface area contributed by atoms with Gasteiger partial charge in [0.2, 0.25) is 5.88 Å². The Morgan fingerprint density at radius 2 is 2.24 bits per heavy atom. The molecule has 0 fully saturated rings. The third-order valence-electron chi connectivity index (χ3n) is 2.78. The summed E-state index contributed by atoms with van der Waals surface area (Å²) in [5, 5.41) is 6.41. The Morgan fingerprint density at radius 1 is 1.33 bits per heavy atom. The largest absolute Gasteiger partial charge is 0.481 e. The van der Waals surface area contributed by atoms with E-state index >= 15 is 0 Å². The predicted molar refractivity (Wildman–Crippen MR) is 81.2 cm³/mol. The van der Waals surface area contributed by atoms with Crippen LogP contribution < -0.4 is 15.4 Å². The highest BCUT2D eigenvalue weighted by atomic mass is 16.5. The predicted octanol–water partition coefficient (Wildman–Crippen LogP) is 1.94. The monoisotopic (exact) mass is 288 g/mol. The van der Waals surface area contributed by atoms with Crippen molar-refractivity contribution in [3.63, 3.8) is 0 Å².